The van der Waals surface area contributed by atoms with Gasteiger partial charge in [0.05, 0.1) is 38.6 Å². The van der Waals surface area contributed by atoms with Crippen LogP contribution in [0.25, 0.3) is 0 Å². The quantitative estimate of drug-likeness (QED) is 0.204. The molecule has 4 aromatic rings. The summed E-state index contributed by atoms with van der Waals surface area (Å²) in [6, 6.07) is 41.2. The Morgan fingerprint density at radius 2 is 0.632 bits per heavy atom. The lowest BCUT2D eigenvalue weighted by atomic mass is 9.88. The lowest BCUT2D eigenvalue weighted by Crippen LogP contribution is -2.53. The summed E-state index contributed by atoms with van der Waals surface area (Å²) in [5.41, 5.74) is 4.56. The molecule has 1 fully saturated rings. The van der Waals surface area contributed by atoms with Crippen LogP contribution in [0.2, 0.25) is 0 Å². The molecule has 1 aliphatic carbocycles. The van der Waals surface area contributed by atoms with Gasteiger partial charge in [-0.1, -0.05) is 121 Å². The van der Waals surface area contributed by atoms with Gasteiger partial charge in [-0.05, 0) is 35.1 Å². The van der Waals surface area contributed by atoms with Crippen molar-refractivity contribution in [2.24, 2.45) is 0 Å². The molecule has 2 unspecified atom stereocenters. The minimum atomic E-state index is -0.267. The van der Waals surface area contributed by atoms with Gasteiger partial charge in [-0.25, -0.2) is 0 Å². The summed E-state index contributed by atoms with van der Waals surface area (Å²) < 4.78 is 26.3. The van der Waals surface area contributed by atoms with Crippen LogP contribution in [0.1, 0.15) is 35.1 Å². The Labute approximate surface area is 226 Å². The van der Waals surface area contributed by atoms with E-state index in [1.54, 1.807) is 0 Å². The maximum absolute atomic E-state index is 6.62. The molecule has 4 aromatic carbocycles. The molecule has 0 bridgehead atoms. The summed E-state index contributed by atoms with van der Waals surface area (Å²) in [7, 11) is 0. The number of ether oxygens (including phenoxy) is 4. The zero-order valence-corrected chi connectivity index (χ0v) is 21.7. The highest BCUT2D eigenvalue weighted by molar-refractivity contribution is 5.16. The van der Waals surface area contributed by atoms with Crippen LogP contribution in [0.15, 0.2) is 121 Å². The Morgan fingerprint density at radius 1 is 0.368 bits per heavy atom. The minimum Gasteiger partial charge on any atom is -0.371 e. The fourth-order valence-corrected chi connectivity index (χ4v) is 4.93. The summed E-state index contributed by atoms with van der Waals surface area (Å²) in [6.07, 6.45) is 0.954. The van der Waals surface area contributed by atoms with E-state index in [9.17, 15) is 0 Å². The Balaban J connectivity index is 1.35. The highest BCUT2D eigenvalue weighted by Crippen LogP contribution is 2.32. The smallest absolute Gasteiger partial charge is 0.113 e. The lowest BCUT2D eigenvalue weighted by molar-refractivity contribution is -0.213. The summed E-state index contributed by atoms with van der Waals surface area (Å²) >= 11 is 0. The molecule has 0 heterocycles. The fourth-order valence-electron chi connectivity index (χ4n) is 4.93. The van der Waals surface area contributed by atoms with Gasteiger partial charge in [0.2, 0.25) is 0 Å². The van der Waals surface area contributed by atoms with Crippen LogP contribution in [0.3, 0.4) is 0 Å². The lowest BCUT2D eigenvalue weighted by Gasteiger charge is -2.42. The molecule has 0 N–H and O–H groups in total. The van der Waals surface area contributed by atoms with E-state index in [1.807, 2.05) is 72.8 Å². The molecule has 38 heavy (non-hydrogen) atoms. The van der Waals surface area contributed by atoms with Crippen LogP contribution in [0.5, 0.6) is 0 Å². The molecule has 196 valence electrons. The molecular weight excluding hydrogens is 472 g/mol. The Kier molecular flexibility index (Phi) is 9.72. The van der Waals surface area contributed by atoms with Gasteiger partial charge in [0, 0.05) is 0 Å². The third-order valence-corrected chi connectivity index (χ3v) is 6.98. The zero-order valence-electron chi connectivity index (χ0n) is 21.7. The van der Waals surface area contributed by atoms with Gasteiger partial charge in [0.25, 0.3) is 0 Å². The van der Waals surface area contributed by atoms with E-state index in [0.29, 0.717) is 26.4 Å². The number of hydrogen-bond acceptors (Lipinski definition) is 4. The van der Waals surface area contributed by atoms with Crippen molar-refractivity contribution in [1.82, 2.24) is 0 Å². The zero-order chi connectivity index (χ0) is 25.8. The molecule has 1 saturated carbocycles. The summed E-state index contributed by atoms with van der Waals surface area (Å²) in [5.74, 6) is 0. The minimum absolute atomic E-state index is 0.101. The monoisotopic (exact) mass is 508 g/mol. The maximum Gasteiger partial charge on any atom is 0.113 e. The van der Waals surface area contributed by atoms with E-state index in [0.717, 1.165) is 35.1 Å². The van der Waals surface area contributed by atoms with Crippen LogP contribution in [0, 0.1) is 0 Å². The van der Waals surface area contributed by atoms with E-state index in [4.69, 9.17) is 18.9 Å². The van der Waals surface area contributed by atoms with Gasteiger partial charge in [0.15, 0.2) is 0 Å². The van der Waals surface area contributed by atoms with Gasteiger partial charge in [-0.3, -0.25) is 0 Å². The van der Waals surface area contributed by atoms with Crippen molar-refractivity contribution in [2.45, 2.75) is 63.7 Å². The van der Waals surface area contributed by atoms with Gasteiger partial charge < -0.3 is 18.9 Å². The van der Waals surface area contributed by atoms with E-state index in [2.05, 4.69) is 48.5 Å². The number of rotatable bonds is 12. The third-order valence-electron chi connectivity index (χ3n) is 6.98. The summed E-state index contributed by atoms with van der Waals surface area (Å²) in [6.45, 7) is 2.07. The van der Waals surface area contributed by atoms with Crippen LogP contribution in [-0.2, 0) is 45.4 Å². The van der Waals surface area contributed by atoms with Crippen molar-refractivity contribution in [3.8, 4) is 0 Å². The molecule has 0 radical (unpaired) electrons. The predicted octanol–water partition coefficient (Wildman–Crippen LogP) is 7.12. The first-order chi connectivity index (χ1) is 18.8. The first-order valence-electron chi connectivity index (χ1n) is 13.5. The largest absolute Gasteiger partial charge is 0.371 e. The predicted molar refractivity (Wildman–Crippen MR) is 149 cm³/mol. The molecule has 5 rings (SSSR count). The van der Waals surface area contributed by atoms with Crippen molar-refractivity contribution in [1.29, 1.82) is 0 Å². The third kappa shape index (κ3) is 7.62. The molecule has 4 heteroatoms. The SMILES string of the molecule is c1ccc(COC2CC[C@H](OCc3ccccc3)[C@@H](OCc3ccccc3)C2OCc2ccccc2)cc1. The standard InChI is InChI=1S/C34H36O4/c1-5-13-27(14-6-1)23-35-31-21-22-32(36-24-28-15-7-2-8-16-28)34(38-26-30-19-11-4-12-20-30)33(31)37-25-29-17-9-3-10-18-29/h1-20,31-34H,21-26H2/t31-,32?,33+,34?/m0/s1. The maximum atomic E-state index is 6.62. The van der Waals surface area contributed by atoms with E-state index in [1.165, 1.54) is 0 Å². The van der Waals surface area contributed by atoms with E-state index < -0.39 is 0 Å². The first kappa shape index (κ1) is 26.3. The number of benzene rings is 4. The average molecular weight is 509 g/mol. The second-order valence-electron chi connectivity index (χ2n) is 9.77. The average Bonchev–Trinajstić information content (AvgIpc) is 2.99. The highest BCUT2D eigenvalue weighted by Gasteiger charge is 2.42. The van der Waals surface area contributed by atoms with E-state index >= 15 is 0 Å². The van der Waals surface area contributed by atoms with Gasteiger partial charge in [0.1, 0.15) is 12.2 Å². The second kappa shape index (κ2) is 14.0. The molecule has 0 spiro atoms. The highest BCUT2D eigenvalue weighted by atomic mass is 16.6. The normalized spacial score (nSPS) is 21.3. The van der Waals surface area contributed by atoms with Crippen molar-refractivity contribution < 1.29 is 18.9 Å². The van der Waals surface area contributed by atoms with Crippen LogP contribution < -0.4 is 0 Å². The summed E-state index contributed by atoms with van der Waals surface area (Å²) in [4.78, 5) is 0. The number of hydrogen-bond donors (Lipinski definition) is 0. The van der Waals surface area contributed by atoms with Crippen molar-refractivity contribution in [3.05, 3.63) is 144 Å². The van der Waals surface area contributed by atoms with Gasteiger partial charge in [-0.15, -0.1) is 0 Å². The van der Waals surface area contributed by atoms with Crippen LogP contribution in [0.4, 0.5) is 0 Å². The molecule has 0 saturated heterocycles. The molecule has 4 atom stereocenters. The van der Waals surface area contributed by atoms with Crippen molar-refractivity contribution in [2.75, 3.05) is 0 Å². The molecule has 0 aliphatic heterocycles. The van der Waals surface area contributed by atoms with Crippen molar-refractivity contribution >= 4 is 0 Å². The Hall–Kier alpha value is -3.28. The van der Waals surface area contributed by atoms with Gasteiger partial charge in [-0.2, -0.15) is 0 Å². The fraction of sp³-hybridized carbons (Fsp3) is 0.294. The Morgan fingerprint density at radius 3 is 0.921 bits per heavy atom. The van der Waals surface area contributed by atoms with Crippen LogP contribution in [-0.4, -0.2) is 24.4 Å². The molecule has 1 aliphatic rings. The molecule has 0 aromatic heterocycles. The Bertz CT molecular complexity index is 1090. The van der Waals surface area contributed by atoms with Crippen LogP contribution >= 0.6 is 0 Å². The second-order valence-corrected chi connectivity index (χ2v) is 9.77. The van der Waals surface area contributed by atoms with E-state index in [-0.39, 0.29) is 24.4 Å². The topological polar surface area (TPSA) is 36.9 Å². The molecular formula is C34H36O4. The first-order valence-corrected chi connectivity index (χ1v) is 13.5. The van der Waals surface area contributed by atoms with Crippen molar-refractivity contribution in [3.63, 3.8) is 0 Å². The summed E-state index contributed by atoms with van der Waals surface area (Å²) in [5, 5.41) is 0. The molecule has 0 amide bonds. The molecule has 4 nitrogen and oxygen atoms in total. The van der Waals surface area contributed by atoms with Gasteiger partial charge >= 0.3 is 0 Å².